The highest BCUT2D eigenvalue weighted by atomic mass is 16.5. The van der Waals surface area contributed by atoms with E-state index in [4.69, 9.17) is 4.74 Å². The van der Waals surface area contributed by atoms with Crippen LogP contribution in [-0.2, 0) is 14.3 Å². The largest absolute Gasteiger partial charge is 0.368 e. The van der Waals surface area contributed by atoms with Gasteiger partial charge in [-0.1, -0.05) is 12.1 Å². The number of likely N-dealkylation sites (tertiary alicyclic amines) is 1. The highest BCUT2D eigenvalue weighted by Crippen LogP contribution is 2.24. The lowest BCUT2D eigenvalue weighted by molar-refractivity contribution is -0.142. The highest BCUT2D eigenvalue weighted by Gasteiger charge is 2.30. The Hall–Kier alpha value is -1.88. The molecular weight excluding hydrogens is 316 g/mol. The summed E-state index contributed by atoms with van der Waals surface area (Å²) in [6, 6.07) is 7.86. The van der Waals surface area contributed by atoms with Gasteiger partial charge in [0.05, 0.1) is 0 Å². The predicted molar refractivity (Wildman–Crippen MR) is 97.3 cm³/mol. The summed E-state index contributed by atoms with van der Waals surface area (Å²) < 4.78 is 5.49. The summed E-state index contributed by atoms with van der Waals surface area (Å²) in [6.45, 7) is 4.32. The Labute approximate surface area is 149 Å². The highest BCUT2D eigenvalue weighted by molar-refractivity contribution is 5.90. The average Bonchev–Trinajstić information content (AvgIpc) is 3.14. The van der Waals surface area contributed by atoms with Crippen molar-refractivity contribution in [2.45, 2.75) is 51.6 Å². The first kappa shape index (κ1) is 17.9. The van der Waals surface area contributed by atoms with Crippen molar-refractivity contribution < 1.29 is 14.3 Å². The first-order chi connectivity index (χ1) is 12.1. The molecule has 2 heterocycles. The molecule has 2 fully saturated rings. The van der Waals surface area contributed by atoms with Gasteiger partial charge < -0.3 is 15.0 Å². The van der Waals surface area contributed by atoms with Crippen molar-refractivity contribution in [1.29, 1.82) is 0 Å². The normalized spacial score (nSPS) is 21.3. The van der Waals surface area contributed by atoms with Crippen LogP contribution in [0.3, 0.4) is 0 Å². The molecule has 0 aliphatic carbocycles. The number of ether oxygens (including phenoxy) is 1. The van der Waals surface area contributed by atoms with E-state index in [2.05, 4.69) is 5.32 Å². The first-order valence-corrected chi connectivity index (χ1v) is 9.39. The maximum absolute atomic E-state index is 12.3. The molecule has 0 saturated carbocycles. The molecule has 0 unspecified atom stereocenters. The van der Waals surface area contributed by atoms with E-state index < -0.39 is 0 Å². The van der Waals surface area contributed by atoms with Gasteiger partial charge in [-0.2, -0.15) is 0 Å². The molecular formula is C20H28N2O3. The van der Waals surface area contributed by atoms with Crippen molar-refractivity contribution in [3.05, 3.63) is 29.8 Å². The van der Waals surface area contributed by atoms with E-state index in [0.717, 1.165) is 56.4 Å². The molecule has 2 amide bonds. The summed E-state index contributed by atoms with van der Waals surface area (Å²) in [5.74, 6) is 0.758. The standard InChI is InChI=1S/C20H28N2O3/c1-15-4-2-5-17(14-15)21-19(23)8-7-16-9-11-22(12-10-16)20(24)18-6-3-13-25-18/h2,4-5,14,16,18H,3,6-13H2,1H3,(H,21,23)/t18-/m1/s1. The Balaban J connectivity index is 1.37. The quantitative estimate of drug-likeness (QED) is 0.893. The molecule has 25 heavy (non-hydrogen) atoms. The van der Waals surface area contributed by atoms with E-state index in [-0.39, 0.29) is 17.9 Å². The second-order valence-electron chi connectivity index (χ2n) is 7.23. The number of amides is 2. The van der Waals surface area contributed by atoms with Crippen LogP contribution >= 0.6 is 0 Å². The number of benzene rings is 1. The summed E-state index contributed by atoms with van der Waals surface area (Å²) in [5, 5.41) is 2.97. The summed E-state index contributed by atoms with van der Waals surface area (Å²) in [4.78, 5) is 26.4. The molecule has 1 N–H and O–H groups in total. The van der Waals surface area contributed by atoms with E-state index in [1.54, 1.807) is 0 Å². The molecule has 0 aromatic heterocycles. The third kappa shape index (κ3) is 5.05. The van der Waals surface area contributed by atoms with Crippen LogP contribution in [0.15, 0.2) is 24.3 Å². The minimum absolute atomic E-state index is 0.0726. The molecule has 3 rings (SSSR count). The third-order valence-electron chi connectivity index (χ3n) is 5.21. The van der Waals surface area contributed by atoms with Crippen molar-refractivity contribution in [1.82, 2.24) is 4.90 Å². The van der Waals surface area contributed by atoms with Gasteiger partial charge >= 0.3 is 0 Å². The molecule has 1 aromatic rings. The van der Waals surface area contributed by atoms with Crippen molar-refractivity contribution in [3.8, 4) is 0 Å². The Morgan fingerprint density at radius 1 is 1.24 bits per heavy atom. The second-order valence-corrected chi connectivity index (χ2v) is 7.23. The number of piperidine rings is 1. The van der Waals surface area contributed by atoms with Gasteiger partial charge in [0, 0.05) is 31.8 Å². The number of aryl methyl sites for hydroxylation is 1. The lowest BCUT2D eigenvalue weighted by Gasteiger charge is -2.33. The Morgan fingerprint density at radius 3 is 2.72 bits per heavy atom. The minimum Gasteiger partial charge on any atom is -0.368 e. The van der Waals surface area contributed by atoms with Crippen molar-refractivity contribution >= 4 is 17.5 Å². The predicted octanol–water partition coefficient (Wildman–Crippen LogP) is 3.13. The van der Waals surface area contributed by atoms with Crippen molar-refractivity contribution in [2.75, 3.05) is 25.0 Å². The molecule has 1 atom stereocenters. The molecule has 5 heteroatoms. The zero-order valence-corrected chi connectivity index (χ0v) is 15.0. The van der Waals surface area contributed by atoms with Crippen LogP contribution in [0.1, 0.15) is 44.1 Å². The Bertz CT molecular complexity index is 603. The van der Waals surface area contributed by atoms with Crippen LogP contribution in [0.2, 0.25) is 0 Å². The van der Waals surface area contributed by atoms with Gasteiger partial charge in [0.15, 0.2) is 0 Å². The van der Waals surface area contributed by atoms with Gasteiger partial charge in [-0.3, -0.25) is 9.59 Å². The van der Waals surface area contributed by atoms with Crippen LogP contribution in [0.4, 0.5) is 5.69 Å². The maximum Gasteiger partial charge on any atom is 0.251 e. The lowest BCUT2D eigenvalue weighted by Crippen LogP contribution is -2.43. The van der Waals surface area contributed by atoms with Crippen molar-refractivity contribution in [3.63, 3.8) is 0 Å². The SMILES string of the molecule is Cc1cccc(NC(=O)CCC2CCN(C(=O)[C@H]3CCCO3)CC2)c1. The molecule has 2 aliphatic heterocycles. The van der Waals surface area contributed by atoms with Crippen LogP contribution in [0.5, 0.6) is 0 Å². The zero-order chi connectivity index (χ0) is 17.6. The minimum atomic E-state index is -0.211. The van der Waals surface area contributed by atoms with Crippen LogP contribution in [-0.4, -0.2) is 42.5 Å². The number of carbonyl (C=O) groups is 2. The summed E-state index contributed by atoms with van der Waals surface area (Å²) >= 11 is 0. The Kier molecular flexibility index (Phi) is 6.08. The van der Waals surface area contributed by atoms with Crippen LogP contribution < -0.4 is 5.32 Å². The molecule has 1 aromatic carbocycles. The zero-order valence-electron chi connectivity index (χ0n) is 15.0. The molecule has 0 bridgehead atoms. The average molecular weight is 344 g/mol. The van der Waals surface area contributed by atoms with Gasteiger partial charge in [-0.15, -0.1) is 0 Å². The number of rotatable bonds is 5. The molecule has 2 aliphatic rings. The van der Waals surface area contributed by atoms with E-state index in [9.17, 15) is 9.59 Å². The number of carbonyl (C=O) groups excluding carboxylic acids is 2. The van der Waals surface area contributed by atoms with Gasteiger partial charge in [0.2, 0.25) is 5.91 Å². The van der Waals surface area contributed by atoms with Crippen LogP contribution in [0.25, 0.3) is 0 Å². The monoisotopic (exact) mass is 344 g/mol. The fourth-order valence-corrected chi connectivity index (χ4v) is 3.70. The lowest BCUT2D eigenvalue weighted by atomic mass is 9.91. The maximum atomic E-state index is 12.3. The third-order valence-corrected chi connectivity index (χ3v) is 5.21. The van der Waals surface area contributed by atoms with Crippen LogP contribution in [0, 0.1) is 12.8 Å². The second kappa shape index (κ2) is 8.48. The summed E-state index contributed by atoms with van der Waals surface area (Å²) in [6.07, 6.45) is 5.03. The number of anilines is 1. The van der Waals surface area contributed by atoms with Gasteiger partial charge in [-0.25, -0.2) is 0 Å². The smallest absolute Gasteiger partial charge is 0.251 e. The van der Waals surface area contributed by atoms with Gasteiger partial charge in [0.1, 0.15) is 6.10 Å². The van der Waals surface area contributed by atoms with E-state index in [1.807, 2.05) is 36.1 Å². The van der Waals surface area contributed by atoms with Gasteiger partial charge in [0.25, 0.3) is 5.91 Å². The number of nitrogens with zero attached hydrogens (tertiary/aromatic N) is 1. The van der Waals surface area contributed by atoms with Gasteiger partial charge in [-0.05, 0) is 62.6 Å². The number of hydrogen-bond donors (Lipinski definition) is 1. The first-order valence-electron chi connectivity index (χ1n) is 9.39. The molecule has 2 saturated heterocycles. The molecule has 136 valence electrons. The summed E-state index contributed by atoms with van der Waals surface area (Å²) in [7, 11) is 0. The fourth-order valence-electron chi connectivity index (χ4n) is 3.70. The number of hydrogen-bond acceptors (Lipinski definition) is 3. The molecule has 0 spiro atoms. The molecule has 5 nitrogen and oxygen atoms in total. The van der Waals surface area contributed by atoms with Crippen molar-refractivity contribution in [2.24, 2.45) is 5.92 Å². The summed E-state index contributed by atoms with van der Waals surface area (Å²) in [5.41, 5.74) is 2.00. The Morgan fingerprint density at radius 2 is 2.04 bits per heavy atom. The number of nitrogens with one attached hydrogen (secondary N) is 1. The van der Waals surface area contributed by atoms with E-state index >= 15 is 0 Å². The molecule has 0 radical (unpaired) electrons. The van der Waals surface area contributed by atoms with E-state index in [1.165, 1.54) is 0 Å². The fraction of sp³-hybridized carbons (Fsp3) is 0.600. The van der Waals surface area contributed by atoms with E-state index in [0.29, 0.717) is 18.9 Å². The topological polar surface area (TPSA) is 58.6 Å².